The van der Waals surface area contributed by atoms with E-state index >= 15 is 0 Å². The number of esters is 1. The molecule has 3 rings (SSSR count). The fourth-order valence-corrected chi connectivity index (χ4v) is 2.56. The third-order valence-electron chi connectivity index (χ3n) is 3.78. The molecule has 0 bridgehead atoms. The first-order chi connectivity index (χ1) is 11.6. The number of ether oxygens (including phenoxy) is 2. The smallest absolute Gasteiger partial charge is 0.344 e. The van der Waals surface area contributed by atoms with Crippen LogP contribution in [0, 0.1) is 0 Å². The molecule has 0 radical (unpaired) electrons. The predicted molar refractivity (Wildman–Crippen MR) is 91.9 cm³/mol. The van der Waals surface area contributed by atoms with Crippen molar-refractivity contribution in [3.05, 3.63) is 71.8 Å². The van der Waals surface area contributed by atoms with Crippen LogP contribution in [0.4, 0.5) is 0 Å². The fraction of sp³-hybridized carbons (Fsp3) is 0.100. The molecule has 24 heavy (non-hydrogen) atoms. The summed E-state index contributed by atoms with van der Waals surface area (Å²) in [6.07, 6.45) is 0. The van der Waals surface area contributed by atoms with Gasteiger partial charge in [-0.2, -0.15) is 0 Å². The van der Waals surface area contributed by atoms with Crippen LogP contribution in [0.2, 0.25) is 0 Å². The van der Waals surface area contributed by atoms with Crippen LogP contribution in [0.3, 0.4) is 0 Å². The topological polar surface area (TPSA) is 52.6 Å². The lowest BCUT2D eigenvalue weighted by molar-refractivity contribution is 0.0734. The van der Waals surface area contributed by atoms with Crippen LogP contribution < -0.4 is 9.47 Å². The van der Waals surface area contributed by atoms with Crippen molar-refractivity contribution in [3.63, 3.8) is 0 Å². The van der Waals surface area contributed by atoms with E-state index in [-0.39, 0.29) is 11.5 Å². The maximum Gasteiger partial charge on any atom is 0.344 e. The van der Waals surface area contributed by atoms with E-state index in [0.717, 1.165) is 10.8 Å². The van der Waals surface area contributed by atoms with E-state index in [1.165, 1.54) is 14.0 Å². The van der Waals surface area contributed by atoms with Gasteiger partial charge in [0.05, 0.1) is 18.2 Å². The number of rotatable bonds is 4. The molecule has 0 fully saturated rings. The number of hydrogen-bond donors (Lipinski definition) is 0. The Labute approximate surface area is 139 Å². The maximum absolute atomic E-state index is 12.6. The molecule has 120 valence electrons. The zero-order valence-electron chi connectivity index (χ0n) is 13.4. The minimum Gasteiger partial charge on any atom is -0.497 e. The van der Waals surface area contributed by atoms with Crippen molar-refractivity contribution in [2.24, 2.45) is 0 Å². The summed E-state index contributed by atoms with van der Waals surface area (Å²) in [7, 11) is 1.51. The van der Waals surface area contributed by atoms with Crippen molar-refractivity contribution >= 4 is 22.5 Å². The molecule has 0 aliphatic carbocycles. The number of benzene rings is 3. The Hall–Kier alpha value is -3.14. The van der Waals surface area contributed by atoms with Crippen molar-refractivity contribution in [1.29, 1.82) is 0 Å². The second-order valence-corrected chi connectivity index (χ2v) is 5.33. The highest BCUT2D eigenvalue weighted by molar-refractivity contribution is 6.06. The highest BCUT2D eigenvalue weighted by Crippen LogP contribution is 2.27. The Morgan fingerprint density at radius 3 is 2.38 bits per heavy atom. The zero-order valence-corrected chi connectivity index (χ0v) is 13.4. The quantitative estimate of drug-likeness (QED) is 0.409. The molecule has 0 heterocycles. The third kappa shape index (κ3) is 2.99. The minimum atomic E-state index is -0.512. The molecule has 4 nitrogen and oxygen atoms in total. The lowest BCUT2D eigenvalue weighted by Gasteiger charge is -2.11. The van der Waals surface area contributed by atoms with Gasteiger partial charge < -0.3 is 9.47 Å². The van der Waals surface area contributed by atoms with Gasteiger partial charge in [0.15, 0.2) is 5.78 Å². The molecule has 0 spiro atoms. The molecule has 0 atom stereocenters. The summed E-state index contributed by atoms with van der Waals surface area (Å²) in [6.45, 7) is 1.43. The van der Waals surface area contributed by atoms with E-state index in [1.807, 2.05) is 30.3 Å². The first kappa shape index (κ1) is 15.7. The number of ketones is 1. The van der Waals surface area contributed by atoms with Crippen molar-refractivity contribution in [2.45, 2.75) is 6.92 Å². The van der Waals surface area contributed by atoms with E-state index in [0.29, 0.717) is 16.9 Å². The molecule has 0 saturated heterocycles. The number of methoxy groups -OCH3 is 1. The summed E-state index contributed by atoms with van der Waals surface area (Å²) in [5.74, 6) is 0.0152. The normalized spacial score (nSPS) is 10.4. The van der Waals surface area contributed by atoms with Crippen LogP contribution >= 0.6 is 0 Å². The Kier molecular flexibility index (Phi) is 4.29. The SMILES string of the molecule is COc1ccc(C(C)=O)c(OC(=O)c2cccc3ccccc23)c1. The summed E-state index contributed by atoms with van der Waals surface area (Å²) in [5.41, 5.74) is 0.787. The molecule has 0 unspecified atom stereocenters. The Morgan fingerprint density at radius 1 is 0.875 bits per heavy atom. The van der Waals surface area contributed by atoms with Crippen LogP contribution in [0.5, 0.6) is 11.5 Å². The van der Waals surface area contributed by atoms with E-state index in [9.17, 15) is 9.59 Å². The van der Waals surface area contributed by atoms with E-state index in [4.69, 9.17) is 9.47 Å². The Bertz CT molecular complexity index is 923. The van der Waals surface area contributed by atoms with Crippen LogP contribution in [0.1, 0.15) is 27.6 Å². The van der Waals surface area contributed by atoms with Crippen LogP contribution in [0.25, 0.3) is 10.8 Å². The predicted octanol–water partition coefficient (Wildman–Crippen LogP) is 4.27. The van der Waals surface area contributed by atoms with Gasteiger partial charge in [0.25, 0.3) is 0 Å². The fourth-order valence-electron chi connectivity index (χ4n) is 2.56. The molecule has 4 heteroatoms. The van der Waals surface area contributed by atoms with Gasteiger partial charge in [0, 0.05) is 6.07 Å². The number of carbonyl (C=O) groups is 2. The van der Waals surface area contributed by atoms with E-state index < -0.39 is 5.97 Å². The molecule has 3 aromatic rings. The Balaban J connectivity index is 2.01. The summed E-state index contributed by atoms with van der Waals surface area (Å²) < 4.78 is 10.6. The monoisotopic (exact) mass is 320 g/mol. The van der Waals surface area contributed by atoms with Gasteiger partial charge in [0.1, 0.15) is 11.5 Å². The molecule has 0 aliphatic heterocycles. The van der Waals surface area contributed by atoms with Gasteiger partial charge in [-0.3, -0.25) is 4.79 Å². The molecule has 0 amide bonds. The summed E-state index contributed by atoms with van der Waals surface area (Å²) >= 11 is 0. The molecular weight excluding hydrogens is 304 g/mol. The molecule has 3 aromatic carbocycles. The molecule has 0 aromatic heterocycles. The van der Waals surface area contributed by atoms with Crippen molar-refractivity contribution < 1.29 is 19.1 Å². The van der Waals surface area contributed by atoms with Gasteiger partial charge in [-0.1, -0.05) is 36.4 Å². The van der Waals surface area contributed by atoms with Gasteiger partial charge in [-0.05, 0) is 35.9 Å². The first-order valence-electron chi connectivity index (χ1n) is 7.49. The first-order valence-corrected chi connectivity index (χ1v) is 7.49. The number of Topliss-reactive ketones (excluding diaryl/α,β-unsaturated/α-hetero) is 1. The minimum absolute atomic E-state index is 0.182. The van der Waals surface area contributed by atoms with E-state index in [2.05, 4.69) is 0 Å². The summed E-state index contributed by atoms with van der Waals surface area (Å²) in [5, 5.41) is 1.75. The summed E-state index contributed by atoms with van der Waals surface area (Å²) in [4.78, 5) is 24.4. The standard InChI is InChI=1S/C20H16O4/c1-13(21)16-11-10-15(23-2)12-19(16)24-20(22)18-9-5-7-14-6-3-4-8-17(14)18/h3-12H,1-2H3. The summed E-state index contributed by atoms with van der Waals surface area (Å²) in [6, 6.07) is 17.8. The highest BCUT2D eigenvalue weighted by atomic mass is 16.5. The van der Waals surface area contributed by atoms with Crippen molar-refractivity contribution in [1.82, 2.24) is 0 Å². The molecular formula is C20H16O4. The second-order valence-electron chi connectivity index (χ2n) is 5.33. The molecule has 0 N–H and O–H groups in total. The lowest BCUT2D eigenvalue weighted by atomic mass is 10.0. The number of hydrogen-bond acceptors (Lipinski definition) is 4. The average Bonchev–Trinajstić information content (AvgIpc) is 2.60. The third-order valence-corrected chi connectivity index (χ3v) is 3.78. The highest BCUT2D eigenvalue weighted by Gasteiger charge is 2.17. The number of carbonyl (C=O) groups excluding carboxylic acids is 2. The maximum atomic E-state index is 12.6. The average molecular weight is 320 g/mol. The Morgan fingerprint density at radius 2 is 1.62 bits per heavy atom. The van der Waals surface area contributed by atoms with Crippen molar-refractivity contribution in [2.75, 3.05) is 7.11 Å². The lowest BCUT2D eigenvalue weighted by Crippen LogP contribution is -2.11. The van der Waals surface area contributed by atoms with Crippen LogP contribution in [0.15, 0.2) is 60.7 Å². The zero-order chi connectivity index (χ0) is 17.1. The second kappa shape index (κ2) is 6.54. The number of fused-ring (bicyclic) bond motifs is 1. The van der Waals surface area contributed by atoms with E-state index in [1.54, 1.807) is 30.3 Å². The largest absolute Gasteiger partial charge is 0.497 e. The van der Waals surface area contributed by atoms with Crippen LogP contribution in [-0.4, -0.2) is 18.9 Å². The van der Waals surface area contributed by atoms with Crippen LogP contribution in [-0.2, 0) is 0 Å². The molecule has 0 aliphatic rings. The van der Waals surface area contributed by atoms with Gasteiger partial charge in [-0.15, -0.1) is 0 Å². The van der Waals surface area contributed by atoms with Gasteiger partial charge in [0.2, 0.25) is 0 Å². The van der Waals surface area contributed by atoms with Gasteiger partial charge in [-0.25, -0.2) is 4.79 Å². The molecule has 0 saturated carbocycles. The van der Waals surface area contributed by atoms with Crippen molar-refractivity contribution in [3.8, 4) is 11.5 Å². The van der Waals surface area contributed by atoms with Gasteiger partial charge >= 0.3 is 5.97 Å².